The number of anilines is 2. The third-order valence-electron chi connectivity index (χ3n) is 4.39. The molecule has 0 saturated carbocycles. The van der Waals surface area contributed by atoms with E-state index in [0.717, 1.165) is 0 Å². The predicted octanol–water partition coefficient (Wildman–Crippen LogP) is 3.41. The molecule has 156 valence electrons. The van der Waals surface area contributed by atoms with Crippen LogP contribution < -0.4 is 10.6 Å². The maximum atomic E-state index is 12.7. The zero-order chi connectivity index (χ0) is 21.8. The SMILES string of the molecule is CC(C)n1cnnc1-c1cccc(NC(=O)c2cccc(NC(=O)c3ccno3)c2)n1. The number of pyridine rings is 1. The molecule has 0 aliphatic heterocycles. The molecule has 0 unspecified atom stereocenters. The number of hydrogen-bond donors (Lipinski definition) is 2. The second-order valence-electron chi connectivity index (χ2n) is 6.93. The van der Waals surface area contributed by atoms with E-state index >= 15 is 0 Å². The largest absolute Gasteiger partial charge is 0.351 e. The van der Waals surface area contributed by atoms with Crippen molar-refractivity contribution in [2.75, 3.05) is 10.6 Å². The van der Waals surface area contributed by atoms with Crippen LogP contribution in [0, 0.1) is 0 Å². The van der Waals surface area contributed by atoms with Crippen LogP contribution in [0.5, 0.6) is 0 Å². The first-order chi connectivity index (χ1) is 15.0. The van der Waals surface area contributed by atoms with E-state index < -0.39 is 5.91 Å². The van der Waals surface area contributed by atoms with Gasteiger partial charge in [0.2, 0.25) is 5.76 Å². The van der Waals surface area contributed by atoms with E-state index in [1.54, 1.807) is 48.8 Å². The number of amides is 2. The van der Waals surface area contributed by atoms with E-state index in [0.29, 0.717) is 28.6 Å². The van der Waals surface area contributed by atoms with E-state index in [9.17, 15) is 9.59 Å². The van der Waals surface area contributed by atoms with Crippen LogP contribution in [0.15, 0.2) is 65.6 Å². The molecule has 10 nitrogen and oxygen atoms in total. The number of nitrogens with zero attached hydrogens (tertiary/aromatic N) is 5. The van der Waals surface area contributed by atoms with Crippen molar-refractivity contribution in [3.8, 4) is 11.5 Å². The van der Waals surface area contributed by atoms with Crippen LogP contribution in [0.1, 0.15) is 40.8 Å². The Hall–Kier alpha value is -4.34. The number of rotatable bonds is 6. The van der Waals surface area contributed by atoms with Gasteiger partial charge in [0.15, 0.2) is 5.82 Å². The Morgan fingerprint density at radius 2 is 1.87 bits per heavy atom. The van der Waals surface area contributed by atoms with E-state index in [-0.39, 0.29) is 17.7 Å². The first kappa shape index (κ1) is 20.0. The molecule has 0 radical (unpaired) electrons. The smallest absolute Gasteiger partial charge is 0.294 e. The second kappa shape index (κ2) is 8.57. The molecule has 3 heterocycles. The number of carbonyl (C=O) groups is 2. The van der Waals surface area contributed by atoms with E-state index in [1.807, 2.05) is 18.4 Å². The van der Waals surface area contributed by atoms with Gasteiger partial charge >= 0.3 is 0 Å². The molecular formula is C21H19N7O3. The van der Waals surface area contributed by atoms with Crippen LogP contribution in [0.25, 0.3) is 11.5 Å². The van der Waals surface area contributed by atoms with Gasteiger partial charge in [-0.3, -0.25) is 9.59 Å². The topological polar surface area (TPSA) is 128 Å². The molecule has 0 saturated heterocycles. The van der Waals surface area contributed by atoms with Gasteiger partial charge in [0, 0.05) is 23.4 Å². The highest BCUT2D eigenvalue weighted by molar-refractivity contribution is 6.06. The lowest BCUT2D eigenvalue weighted by molar-refractivity contribution is 0.0985. The minimum absolute atomic E-state index is 0.0742. The average Bonchev–Trinajstić information content (AvgIpc) is 3.46. The highest BCUT2D eigenvalue weighted by Gasteiger charge is 2.14. The van der Waals surface area contributed by atoms with Crippen LogP contribution in [0.3, 0.4) is 0 Å². The van der Waals surface area contributed by atoms with Gasteiger partial charge in [-0.1, -0.05) is 17.3 Å². The van der Waals surface area contributed by atoms with Gasteiger partial charge in [-0.2, -0.15) is 0 Å². The zero-order valence-electron chi connectivity index (χ0n) is 16.8. The average molecular weight is 417 g/mol. The summed E-state index contributed by atoms with van der Waals surface area (Å²) in [6, 6.07) is 13.4. The van der Waals surface area contributed by atoms with Crippen molar-refractivity contribution in [2.45, 2.75) is 19.9 Å². The van der Waals surface area contributed by atoms with Crippen LogP contribution in [0.2, 0.25) is 0 Å². The predicted molar refractivity (Wildman–Crippen MR) is 112 cm³/mol. The maximum absolute atomic E-state index is 12.7. The van der Waals surface area contributed by atoms with Crippen molar-refractivity contribution in [3.63, 3.8) is 0 Å². The highest BCUT2D eigenvalue weighted by Crippen LogP contribution is 2.20. The lowest BCUT2D eigenvalue weighted by atomic mass is 10.2. The third-order valence-corrected chi connectivity index (χ3v) is 4.39. The van der Waals surface area contributed by atoms with Crippen LogP contribution in [0.4, 0.5) is 11.5 Å². The van der Waals surface area contributed by atoms with Gasteiger partial charge in [-0.15, -0.1) is 10.2 Å². The molecule has 31 heavy (non-hydrogen) atoms. The molecule has 2 N–H and O–H groups in total. The van der Waals surface area contributed by atoms with Crippen molar-refractivity contribution in [1.29, 1.82) is 0 Å². The molecule has 10 heteroatoms. The zero-order valence-corrected chi connectivity index (χ0v) is 16.8. The first-order valence-electron chi connectivity index (χ1n) is 9.51. The molecule has 0 spiro atoms. The fraction of sp³-hybridized carbons (Fsp3) is 0.143. The second-order valence-corrected chi connectivity index (χ2v) is 6.93. The van der Waals surface area contributed by atoms with E-state index in [2.05, 4.69) is 31.0 Å². The van der Waals surface area contributed by atoms with Gasteiger partial charge in [0.05, 0.1) is 6.20 Å². The van der Waals surface area contributed by atoms with Gasteiger partial charge in [0.1, 0.15) is 17.8 Å². The van der Waals surface area contributed by atoms with Crippen LogP contribution in [-0.4, -0.2) is 36.7 Å². The van der Waals surface area contributed by atoms with E-state index in [1.165, 1.54) is 12.3 Å². The van der Waals surface area contributed by atoms with Gasteiger partial charge in [-0.25, -0.2) is 4.98 Å². The highest BCUT2D eigenvalue weighted by atomic mass is 16.5. The summed E-state index contributed by atoms with van der Waals surface area (Å²) < 4.78 is 6.73. The van der Waals surface area contributed by atoms with Gasteiger partial charge in [0.25, 0.3) is 11.8 Å². The minimum Gasteiger partial charge on any atom is -0.351 e. The Labute approximate surface area is 177 Å². The number of nitrogens with one attached hydrogen (secondary N) is 2. The van der Waals surface area contributed by atoms with Crippen molar-refractivity contribution in [2.24, 2.45) is 0 Å². The quantitative estimate of drug-likeness (QED) is 0.492. The standard InChI is InChI=1S/C21H19N7O3/c1-13(2)28-12-22-27-19(28)16-7-4-8-18(25-16)26-20(29)14-5-3-6-15(11-14)24-21(30)17-9-10-23-31-17/h3-13H,1-2H3,(H,24,30)(H,25,26,29). The molecule has 4 aromatic rings. The molecule has 0 fully saturated rings. The molecule has 3 aromatic heterocycles. The Bertz CT molecular complexity index is 1220. The van der Waals surface area contributed by atoms with Crippen molar-refractivity contribution >= 4 is 23.3 Å². The molecule has 0 aliphatic carbocycles. The van der Waals surface area contributed by atoms with E-state index in [4.69, 9.17) is 4.52 Å². The van der Waals surface area contributed by atoms with Crippen LogP contribution in [-0.2, 0) is 0 Å². The summed E-state index contributed by atoms with van der Waals surface area (Å²) >= 11 is 0. The molecule has 2 amide bonds. The Kier molecular flexibility index (Phi) is 5.52. The maximum Gasteiger partial charge on any atom is 0.294 e. The third kappa shape index (κ3) is 4.47. The van der Waals surface area contributed by atoms with Gasteiger partial charge < -0.3 is 19.7 Å². The van der Waals surface area contributed by atoms with Gasteiger partial charge in [-0.05, 0) is 44.2 Å². The normalized spacial score (nSPS) is 10.8. The molecule has 4 rings (SSSR count). The summed E-state index contributed by atoms with van der Waals surface area (Å²) in [6.07, 6.45) is 3.02. The fourth-order valence-corrected chi connectivity index (χ4v) is 2.89. The number of carbonyl (C=O) groups excluding carboxylic acids is 2. The molecule has 0 atom stereocenters. The Balaban J connectivity index is 1.50. The summed E-state index contributed by atoms with van der Waals surface area (Å²) in [5, 5.41) is 17.0. The first-order valence-corrected chi connectivity index (χ1v) is 9.51. The summed E-state index contributed by atoms with van der Waals surface area (Å²) in [7, 11) is 0. The number of benzene rings is 1. The van der Waals surface area contributed by atoms with Crippen molar-refractivity contribution < 1.29 is 14.1 Å². The summed E-state index contributed by atoms with van der Waals surface area (Å²) in [5.74, 6) is 0.231. The molecule has 0 bridgehead atoms. The van der Waals surface area contributed by atoms with Crippen molar-refractivity contribution in [1.82, 2.24) is 24.9 Å². The summed E-state index contributed by atoms with van der Waals surface area (Å²) in [5.41, 5.74) is 1.39. The monoisotopic (exact) mass is 417 g/mol. The Morgan fingerprint density at radius 1 is 1.03 bits per heavy atom. The molecule has 1 aromatic carbocycles. The molecular weight excluding hydrogens is 398 g/mol. The lowest BCUT2D eigenvalue weighted by Crippen LogP contribution is -2.15. The Morgan fingerprint density at radius 3 is 2.65 bits per heavy atom. The summed E-state index contributed by atoms with van der Waals surface area (Å²) in [4.78, 5) is 29.3. The lowest BCUT2D eigenvalue weighted by Gasteiger charge is -2.11. The van der Waals surface area contributed by atoms with Crippen LogP contribution >= 0.6 is 0 Å². The number of hydrogen-bond acceptors (Lipinski definition) is 7. The minimum atomic E-state index is -0.460. The number of aromatic nitrogens is 5. The summed E-state index contributed by atoms with van der Waals surface area (Å²) in [6.45, 7) is 4.04. The molecule has 0 aliphatic rings. The van der Waals surface area contributed by atoms with Crippen molar-refractivity contribution in [3.05, 3.63) is 72.4 Å². The fourth-order valence-electron chi connectivity index (χ4n) is 2.89.